The van der Waals surface area contributed by atoms with Crippen LogP contribution in [-0.4, -0.2) is 24.6 Å². The maximum atomic E-state index is 4.29. The smallest absolute Gasteiger partial charge is 0.0832 e. The highest BCUT2D eigenvalue weighted by Crippen LogP contribution is 2.29. The minimum absolute atomic E-state index is 0.175. The summed E-state index contributed by atoms with van der Waals surface area (Å²) >= 11 is 0. The highest BCUT2D eigenvalue weighted by Gasteiger charge is 2.34. The van der Waals surface area contributed by atoms with E-state index in [2.05, 4.69) is 52.0 Å². The summed E-state index contributed by atoms with van der Waals surface area (Å²) in [4.78, 5) is 4.29. The van der Waals surface area contributed by atoms with Crippen LogP contribution in [0.25, 0.3) is 0 Å². The van der Waals surface area contributed by atoms with Gasteiger partial charge in [-0.1, -0.05) is 36.4 Å². The van der Waals surface area contributed by atoms with Gasteiger partial charge in [0, 0.05) is 18.9 Å². The van der Waals surface area contributed by atoms with Crippen LogP contribution in [0.5, 0.6) is 0 Å². The summed E-state index contributed by atoms with van der Waals surface area (Å²) in [6.45, 7) is 2.96. The molecule has 1 fully saturated rings. The van der Waals surface area contributed by atoms with Crippen LogP contribution in [-0.2, 0) is 5.54 Å². The lowest BCUT2D eigenvalue weighted by atomic mass is 9.83. The first-order valence-electron chi connectivity index (χ1n) is 6.84. The molecule has 1 saturated heterocycles. The first-order valence-corrected chi connectivity index (χ1v) is 6.84. The largest absolute Gasteiger partial charge is 0.314 e. The third-order valence-corrected chi connectivity index (χ3v) is 3.77. The van der Waals surface area contributed by atoms with Gasteiger partial charge in [-0.2, -0.15) is 0 Å². The lowest BCUT2D eigenvalue weighted by Crippen LogP contribution is -2.48. The molecule has 3 heteroatoms. The van der Waals surface area contributed by atoms with Gasteiger partial charge in [0.15, 0.2) is 0 Å². The number of hydrogen-bond donors (Lipinski definition) is 2. The molecule has 1 aliphatic heterocycles. The Morgan fingerprint density at radius 3 is 2.58 bits per heavy atom. The number of aromatic nitrogens is 1. The van der Waals surface area contributed by atoms with E-state index in [-0.39, 0.29) is 5.54 Å². The fourth-order valence-corrected chi connectivity index (χ4v) is 2.77. The minimum atomic E-state index is -0.175. The standard InChI is InChI=1S/C16H19N3/c1-2-6-14(7-3-1)16(13-18-10-5-11-19-16)15-8-4-9-17-12-15/h1-4,6-9,12,18-19H,5,10-11,13H2. The molecule has 98 valence electrons. The van der Waals surface area contributed by atoms with E-state index in [1.165, 1.54) is 11.1 Å². The maximum absolute atomic E-state index is 4.29. The Morgan fingerprint density at radius 1 is 0.947 bits per heavy atom. The minimum Gasteiger partial charge on any atom is -0.314 e. The normalized spacial score (nSPS) is 23.8. The number of rotatable bonds is 2. The Hall–Kier alpha value is -1.71. The van der Waals surface area contributed by atoms with Crippen molar-refractivity contribution in [2.45, 2.75) is 12.0 Å². The second kappa shape index (κ2) is 5.51. The van der Waals surface area contributed by atoms with Crippen LogP contribution in [0.3, 0.4) is 0 Å². The molecule has 3 rings (SSSR count). The highest BCUT2D eigenvalue weighted by atomic mass is 15.1. The van der Waals surface area contributed by atoms with Gasteiger partial charge in [0.25, 0.3) is 0 Å². The third kappa shape index (κ3) is 2.39. The molecular formula is C16H19N3. The zero-order valence-corrected chi connectivity index (χ0v) is 11.0. The van der Waals surface area contributed by atoms with Crippen LogP contribution in [0.15, 0.2) is 54.9 Å². The van der Waals surface area contributed by atoms with Crippen molar-refractivity contribution in [3.05, 3.63) is 66.0 Å². The molecule has 0 bridgehead atoms. The second-order valence-electron chi connectivity index (χ2n) is 4.97. The lowest BCUT2D eigenvalue weighted by Gasteiger charge is -2.34. The van der Waals surface area contributed by atoms with Gasteiger partial charge in [0.1, 0.15) is 0 Å². The average molecular weight is 253 g/mol. The average Bonchev–Trinajstić information content (AvgIpc) is 2.76. The molecule has 0 aliphatic carbocycles. The number of nitrogens with one attached hydrogen (secondary N) is 2. The van der Waals surface area contributed by atoms with Crippen molar-refractivity contribution in [1.82, 2.24) is 15.6 Å². The second-order valence-corrected chi connectivity index (χ2v) is 4.97. The topological polar surface area (TPSA) is 37.0 Å². The van der Waals surface area contributed by atoms with Gasteiger partial charge in [0.05, 0.1) is 5.54 Å². The van der Waals surface area contributed by atoms with E-state index in [1.807, 2.05) is 18.5 Å². The molecule has 19 heavy (non-hydrogen) atoms. The van der Waals surface area contributed by atoms with Gasteiger partial charge in [-0.25, -0.2) is 0 Å². The van der Waals surface area contributed by atoms with E-state index in [4.69, 9.17) is 0 Å². The molecule has 0 amide bonds. The van der Waals surface area contributed by atoms with E-state index in [1.54, 1.807) is 0 Å². The van der Waals surface area contributed by atoms with Crippen LogP contribution in [0, 0.1) is 0 Å². The summed E-state index contributed by atoms with van der Waals surface area (Å²) in [5, 5.41) is 7.27. The fourth-order valence-electron chi connectivity index (χ4n) is 2.77. The molecule has 3 nitrogen and oxygen atoms in total. The van der Waals surface area contributed by atoms with Crippen LogP contribution >= 0.6 is 0 Å². The Morgan fingerprint density at radius 2 is 1.79 bits per heavy atom. The van der Waals surface area contributed by atoms with E-state index in [0.29, 0.717) is 0 Å². The predicted octanol–water partition coefficient (Wildman–Crippen LogP) is 1.91. The van der Waals surface area contributed by atoms with Gasteiger partial charge >= 0.3 is 0 Å². The van der Waals surface area contributed by atoms with Crippen LogP contribution < -0.4 is 10.6 Å². The van der Waals surface area contributed by atoms with Crippen LogP contribution in [0.1, 0.15) is 17.5 Å². The Bertz CT molecular complexity index is 461. The van der Waals surface area contributed by atoms with E-state index in [0.717, 1.165) is 26.1 Å². The first-order chi connectivity index (χ1) is 9.42. The van der Waals surface area contributed by atoms with Crippen LogP contribution in [0.2, 0.25) is 0 Å². The molecule has 1 aliphatic rings. The molecule has 1 aromatic heterocycles. The molecule has 1 unspecified atom stereocenters. The number of nitrogens with zero attached hydrogens (tertiary/aromatic N) is 1. The summed E-state index contributed by atoms with van der Waals surface area (Å²) in [6, 6.07) is 14.8. The summed E-state index contributed by atoms with van der Waals surface area (Å²) in [7, 11) is 0. The van der Waals surface area contributed by atoms with Gasteiger partial charge < -0.3 is 10.6 Å². The van der Waals surface area contributed by atoms with Gasteiger partial charge in [-0.15, -0.1) is 0 Å². The van der Waals surface area contributed by atoms with Crippen molar-refractivity contribution in [2.24, 2.45) is 0 Å². The molecular weight excluding hydrogens is 234 g/mol. The van der Waals surface area contributed by atoms with Crippen molar-refractivity contribution in [3.8, 4) is 0 Å². The summed E-state index contributed by atoms with van der Waals surface area (Å²) in [6.07, 6.45) is 4.94. The molecule has 0 radical (unpaired) electrons. The Labute approximate surface area is 114 Å². The van der Waals surface area contributed by atoms with E-state index >= 15 is 0 Å². The molecule has 2 heterocycles. The fraction of sp³-hybridized carbons (Fsp3) is 0.312. The first kappa shape index (κ1) is 12.3. The third-order valence-electron chi connectivity index (χ3n) is 3.77. The zero-order chi connectivity index (χ0) is 13.0. The van der Waals surface area contributed by atoms with Crippen molar-refractivity contribution in [2.75, 3.05) is 19.6 Å². The summed E-state index contributed by atoms with van der Waals surface area (Å²) in [5.41, 5.74) is 2.33. The van der Waals surface area contributed by atoms with Gasteiger partial charge in [-0.3, -0.25) is 4.98 Å². The summed E-state index contributed by atoms with van der Waals surface area (Å²) < 4.78 is 0. The van der Waals surface area contributed by atoms with Crippen LogP contribution in [0.4, 0.5) is 0 Å². The zero-order valence-electron chi connectivity index (χ0n) is 11.0. The molecule has 0 saturated carbocycles. The highest BCUT2D eigenvalue weighted by molar-refractivity contribution is 5.38. The van der Waals surface area contributed by atoms with Gasteiger partial charge in [0.2, 0.25) is 0 Å². The Balaban J connectivity index is 2.09. The number of benzene rings is 1. The monoisotopic (exact) mass is 253 g/mol. The SMILES string of the molecule is c1ccc(C2(c3cccnc3)CNCCCN2)cc1. The summed E-state index contributed by atoms with van der Waals surface area (Å²) in [5.74, 6) is 0. The van der Waals surface area contributed by atoms with E-state index in [9.17, 15) is 0 Å². The van der Waals surface area contributed by atoms with Crippen molar-refractivity contribution in [3.63, 3.8) is 0 Å². The molecule has 2 N–H and O–H groups in total. The molecule has 1 aromatic carbocycles. The van der Waals surface area contributed by atoms with Crippen molar-refractivity contribution < 1.29 is 0 Å². The molecule has 0 spiro atoms. The van der Waals surface area contributed by atoms with Crippen molar-refractivity contribution >= 4 is 0 Å². The maximum Gasteiger partial charge on any atom is 0.0832 e. The number of pyridine rings is 1. The van der Waals surface area contributed by atoms with Gasteiger partial charge in [-0.05, 0) is 36.7 Å². The van der Waals surface area contributed by atoms with E-state index < -0.39 is 0 Å². The Kier molecular flexibility index (Phi) is 3.58. The quantitative estimate of drug-likeness (QED) is 0.858. The number of hydrogen-bond acceptors (Lipinski definition) is 3. The predicted molar refractivity (Wildman–Crippen MR) is 76.9 cm³/mol. The lowest BCUT2D eigenvalue weighted by molar-refractivity contribution is 0.412. The molecule has 1 atom stereocenters. The van der Waals surface area contributed by atoms with Crippen molar-refractivity contribution in [1.29, 1.82) is 0 Å². The molecule has 2 aromatic rings.